The van der Waals surface area contributed by atoms with Crippen LogP contribution in [0, 0.1) is 10.1 Å². The molecule has 1 saturated heterocycles. The smallest absolute Gasteiger partial charge is 0.295 e. The molecule has 0 saturated carbocycles. The average molecular weight is 485 g/mol. The minimum Gasteiger partial charge on any atom is -0.507 e. The zero-order chi connectivity index (χ0) is 25.4. The Morgan fingerprint density at radius 2 is 1.86 bits per heavy atom. The van der Waals surface area contributed by atoms with Gasteiger partial charge in [-0.15, -0.1) is 0 Å². The monoisotopic (exact) mass is 484 g/mol. The molecule has 1 N–H and O–H groups in total. The van der Waals surface area contributed by atoms with Gasteiger partial charge in [0.15, 0.2) is 0 Å². The van der Waals surface area contributed by atoms with E-state index < -0.39 is 22.7 Å². The summed E-state index contributed by atoms with van der Waals surface area (Å²) in [5.41, 5.74) is 2.41. The number of amides is 1. The Morgan fingerprint density at radius 3 is 2.61 bits per heavy atom. The fourth-order valence-electron chi connectivity index (χ4n) is 4.88. The van der Waals surface area contributed by atoms with Crippen LogP contribution in [-0.4, -0.2) is 39.3 Å². The van der Waals surface area contributed by atoms with Crippen LogP contribution in [0.2, 0.25) is 0 Å². The molecule has 1 fully saturated rings. The molecular weight excluding hydrogens is 460 g/mol. The van der Waals surface area contributed by atoms with Crippen molar-refractivity contribution in [3.63, 3.8) is 0 Å². The summed E-state index contributed by atoms with van der Waals surface area (Å²) in [5.74, 6) is -1.16. The molecule has 182 valence electrons. The van der Waals surface area contributed by atoms with E-state index in [2.05, 4.69) is 0 Å². The van der Waals surface area contributed by atoms with Gasteiger partial charge in [0.1, 0.15) is 17.6 Å². The van der Waals surface area contributed by atoms with E-state index in [9.17, 15) is 24.8 Å². The van der Waals surface area contributed by atoms with Gasteiger partial charge in [0.25, 0.3) is 17.4 Å². The number of fused-ring (bicyclic) bond motifs is 1. The molecule has 8 nitrogen and oxygen atoms in total. The lowest BCUT2D eigenvalue weighted by Gasteiger charge is -2.25. The molecule has 0 radical (unpaired) electrons. The first-order valence-electron chi connectivity index (χ1n) is 11.7. The maximum Gasteiger partial charge on any atom is 0.295 e. The second kappa shape index (κ2) is 9.30. The first-order chi connectivity index (χ1) is 17.3. The van der Waals surface area contributed by atoms with Crippen molar-refractivity contribution in [1.82, 2.24) is 4.90 Å². The lowest BCUT2D eigenvalue weighted by molar-refractivity contribution is -0.384. The van der Waals surface area contributed by atoms with Crippen LogP contribution in [0.5, 0.6) is 5.75 Å². The maximum atomic E-state index is 13.3. The Bertz CT molecular complexity index is 1400. The van der Waals surface area contributed by atoms with Gasteiger partial charge in [-0.05, 0) is 48.2 Å². The molecule has 0 bridgehead atoms. The highest BCUT2D eigenvalue weighted by Crippen LogP contribution is 2.41. The minimum absolute atomic E-state index is 0.00540. The van der Waals surface area contributed by atoms with E-state index in [4.69, 9.17) is 4.74 Å². The SMILES string of the molecule is C[C@H]1Cc2cc(C(O)=C3C(=O)C(=O)N(CCc4ccccc4)[C@H]3c3cccc([N+](=O)[O-])c3)ccc2O1. The van der Waals surface area contributed by atoms with Crippen molar-refractivity contribution in [2.24, 2.45) is 0 Å². The summed E-state index contributed by atoms with van der Waals surface area (Å²) >= 11 is 0. The number of carbonyl (C=O) groups excluding carboxylic acids is 2. The highest BCUT2D eigenvalue weighted by atomic mass is 16.6. The van der Waals surface area contributed by atoms with Crippen LogP contribution in [0.4, 0.5) is 5.69 Å². The topological polar surface area (TPSA) is 110 Å². The predicted molar refractivity (Wildman–Crippen MR) is 132 cm³/mol. The van der Waals surface area contributed by atoms with E-state index in [0.29, 0.717) is 24.0 Å². The number of non-ortho nitro benzene ring substituents is 1. The molecule has 3 aromatic rings. The Labute approximate surface area is 207 Å². The van der Waals surface area contributed by atoms with Crippen LogP contribution >= 0.6 is 0 Å². The third-order valence-corrected chi connectivity index (χ3v) is 6.59. The number of ketones is 1. The van der Waals surface area contributed by atoms with Crippen molar-refractivity contribution in [1.29, 1.82) is 0 Å². The van der Waals surface area contributed by atoms with Gasteiger partial charge in [-0.3, -0.25) is 19.7 Å². The summed E-state index contributed by atoms with van der Waals surface area (Å²) < 4.78 is 5.73. The van der Waals surface area contributed by atoms with Crippen LogP contribution in [0.15, 0.2) is 78.4 Å². The number of hydrogen-bond donors (Lipinski definition) is 1. The number of benzene rings is 3. The number of hydrogen-bond acceptors (Lipinski definition) is 6. The van der Waals surface area contributed by atoms with Gasteiger partial charge in [-0.1, -0.05) is 42.5 Å². The molecule has 0 spiro atoms. The average Bonchev–Trinajstić information content (AvgIpc) is 3.38. The molecular formula is C28H24N2O6. The number of rotatable bonds is 6. The lowest BCUT2D eigenvalue weighted by atomic mass is 9.94. The number of likely N-dealkylation sites (tertiary alicyclic amines) is 1. The largest absolute Gasteiger partial charge is 0.507 e. The number of aliphatic hydroxyl groups is 1. The third-order valence-electron chi connectivity index (χ3n) is 6.59. The minimum atomic E-state index is -0.961. The normalized spacial score (nSPS) is 20.3. The van der Waals surface area contributed by atoms with E-state index in [1.54, 1.807) is 24.3 Å². The Hall–Kier alpha value is -4.46. The van der Waals surface area contributed by atoms with Gasteiger partial charge >= 0.3 is 0 Å². The molecule has 0 unspecified atom stereocenters. The second-order valence-corrected chi connectivity index (χ2v) is 9.04. The first-order valence-corrected chi connectivity index (χ1v) is 11.7. The number of Topliss-reactive ketones (excluding diaryl/α,β-unsaturated/α-hetero) is 1. The first kappa shape index (κ1) is 23.3. The Kier molecular flexibility index (Phi) is 6.01. The van der Waals surface area contributed by atoms with E-state index in [-0.39, 0.29) is 29.7 Å². The van der Waals surface area contributed by atoms with Gasteiger partial charge in [0.05, 0.1) is 16.5 Å². The van der Waals surface area contributed by atoms with E-state index in [1.165, 1.54) is 23.1 Å². The number of nitro benzene ring substituents is 1. The fraction of sp³-hybridized carbons (Fsp3) is 0.214. The van der Waals surface area contributed by atoms with Crippen LogP contribution < -0.4 is 4.74 Å². The third kappa shape index (κ3) is 4.22. The molecule has 5 rings (SSSR count). The summed E-state index contributed by atoms with van der Waals surface area (Å²) in [6.07, 6.45) is 1.15. The molecule has 0 aliphatic carbocycles. The summed E-state index contributed by atoms with van der Waals surface area (Å²) in [6, 6.07) is 19.5. The van der Waals surface area contributed by atoms with Crippen molar-refractivity contribution < 1.29 is 24.4 Å². The molecule has 36 heavy (non-hydrogen) atoms. The van der Waals surface area contributed by atoms with E-state index in [1.807, 2.05) is 37.3 Å². The van der Waals surface area contributed by atoms with Crippen molar-refractivity contribution >= 4 is 23.1 Å². The van der Waals surface area contributed by atoms with Crippen LogP contribution in [-0.2, 0) is 22.4 Å². The maximum absolute atomic E-state index is 13.3. The zero-order valence-corrected chi connectivity index (χ0v) is 19.6. The molecule has 8 heteroatoms. The van der Waals surface area contributed by atoms with Crippen LogP contribution in [0.1, 0.15) is 35.2 Å². The number of nitro groups is 1. The summed E-state index contributed by atoms with van der Waals surface area (Å²) in [5, 5.41) is 22.8. The molecule has 2 heterocycles. The molecule has 2 aliphatic rings. The highest BCUT2D eigenvalue weighted by Gasteiger charge is 2.46. The quantitative estimate of drug-likeness (QED) is 0.180. The second-order valence-electron chi connectivity index (χ2n) is 9.04. The van der Waals surface area contributed by atoms with Gasteiger partial charge < -0.3 is 14.7 Å². The summed E-state index contributed by atoms with van der Waals surface area (Å²) in [4.78, 5) is 38.8. The van der Waals surface area contributed by atoms with Gasteiger partial charge in [-0.25, -0.2) is 0 Å². The highest BCUT2D eigenvalue weighted by molar-refractivity contribution is 6.46. The van der Waals surface area contributed by atoms with Crippen LogP contribution in [0.3, 0.4) is 0 Å². The van der Waals surface area contributed by atoms with Gasteiger partial charge in [0, 0.05) is 30.7 Å². The summed E-state index contributed by atoms with van der Waals surface area (Å²) in [6.45, 7) is 2.15. The van der Waals surface area contributed by atoms with Crippen molar-refractivity contribution in [2.45, 2.75) is 31.9 Å². The number of nitrogens with zero attached hydrogens (tertiary/aromatic N) is 2. The van der Waals surface area contributed by atoms with E-state index in [0.717, 1.165) is 16.9 Å². The molecule has 2 atom stereocenters. The number of aliphatic hydroxyl groups excluding tert-OH is 1. The van der Waals surface area contributed by atoms with Crippen molar-refractivity contribution in [2.75, 3.05) is 6.54 Å². The van der Waals surface area contributed by atoms with E-state index >= 15 is 0 Å². The Balaban J connectivity index is 1.60. The van der Waals surface area contributed by atoms with Gasteiger partial charge in [-0.2, -0.15) is 0 Å². The molecule has 3 aromatic carbocycles. The number of ether oxygens (including phenoxy) is 1. The summed E-state index contributed by atoms with van der Waals surface area (Å²) in [7, 11) is 0. The fourth-order valence-corrected chi connectivity index (χ4v) is 4.88. The predicted octanol–water partition coefficient (Wildman–Crippen LogP) is 4.58. The molecule has 1 amide bonds. The molecule has 0 aromatic heterocycles. The number of carbonyl (C=O) groups is 2. The van der Waals surface area contributed by atoms with Crippen molar-refractivity contribution in [3.05, 3.63) is 111 Å². The van der Waals surface area contributed by atoms with Crippen LogP contribution in [0.25, 0.3) is 5.76 Å². The van der Waals surface area contributed by atoms with Gasteiger partial charge in [0.2, 0.25) is 0 Å². The molecule has 2 aliphatic heterocycles. The standard InChI is InChI=1S/C28H24N2O6/c1-17-14-21-15-20(10-11-23(21)36-17)26(31)24-25(19-8-5-9-22(16-19)30(34)35)29(28(33)27(24)32)13-12-18-6-3-2-4-7-18/h2-11,15-17,25,31H,12-14H2,1H3/t17-,25-/m0/s1. The Morgan fingerprint density at radius 1 is 1.08 bits per heavy atom. The lowest BCUT2D eigenvalue weighted by Crippen LogP contribution is -2.31. The zero-order valence-electron chi connectivity index (χ0n) is 19.6. The van der Waals surface area contributed by atoms with Crippen molar-refractivity contribution in [3.8, 4) is 5.75 Å².